The van der Waals surface area contributed by atoms with Crippen molar-refractivity contribution < 1.29 is 5.21 Å². The van der Waals surface area contributed by atoms with Crippen molar-refractivity contribution in [1.82, 2.24) is 10.0 Å². The Labute approximate surface area is 87.6 Å². The SMILES string of the molecule is Cn1c2c(c3ccccc31)C(NO)=CC2. The highest BCUT2D eigenvalue weighted by Gasteiger charge is 2.21. The van der Waals surface area contributed by atoms with Gasteiger partial charge >= 0.3 is 0 Å². The zero-order valence-electron chi connectivity index (χ0n) is 8.49. The number of para-hydroxylation sites is 1. The van der Waals surface area contributed by atoms with Gasteiger partial charge < -0.3 is 4.57 Å². The number of aromatic nitrogens is 1. The van der Waals surface area contributed by atoms with E-state index in [1.54, 1.807) is 0 Å². The molecule has 0 unspecified atom stereocenters. The van der Waals surface area contributed by atoms with Crippen LogP contribution in [-0.2, 0) is 13.5 Å². The smallest absolute Gasteiger partial charge is 0.0663 e. The molecule has 0 amide bonds. The van der Waals surface area contributed by atoms with Crippen molar-refractivity contribution in [2.75, 3.05) is 0 Å². The molecular weight excluding hydrogens is 188 g/mol. The average molecular weight is 200 g/mol. The van der Waals surface area contributed by atoms with Gasteiger partial charge in [-0.1, -0.05) is 24.3 Å². The summed E-state index contributed by atoms with van der Waals surface area (Å²) in [5.74, 6) is 0. The van der Waals surface area contributed by atoms with E-state index in [1.807, 2.05) is 18.2 Å². The van der Waals surface area contributed by atoms with Crippen molar-refractivity contribution in [3.05, 3.63) is 41.6 Å². The van der Waals surface area contributed by atoms with Gasteiger partial charge in [0.1, 0.15) is 0 Å². The van der Waals surface area contributed by atoms with Crippen LogP contribution in [0.15, 0.2) is 30.3 Å². The summed E-state index contributed by atoms with van der Waals surface area (Å²) in [7, 11) is 2.06. The summed E-state index contributed by atoms with van der Waals surface area (Å²) in [6.07, 6.45) is 2.89. The van der Waals surface area contributed by atoms with Gasteiger partial charge in [-0.25, -0.2) is 0 Å². The fourth-order valence-corrected chi connectivity index (χ4v) is 2.39. The molecular formula is C12H12N2O. The Balaban J connectivity index is 2.41. The number of aryl methyl sites for hydroxylation is 1. The minimum absolute atomic E-state index is 0.821. The molecule has 1 aromatic carbocycles. The topological polar surface area (TPSA) is 37.2 Å². The minimum atomic E-state index is 0.821. The van der Waals surface area contributed by atoms with Crippen LogP contribution in [0.25, 0.3) is 16.6 Å². The third-order valence-corrected chi connectivity index (χ3v) is 3.12. The Kier molecular flexibility index (Phi) is 1.64. The van der Waals surface area contributed by atoms with Gasteiger partial charge in [0, 0.05) is 35.6 Å². The van der Waals surface area contributed by atoms with E-state index in [0.29, 0.717) is 0 Å². The van der Waals surface area contributed by atoms with Gasteiger partial charge in [0.05, 0.1) is 5.70 Å². The molecule has 3 nitrogen and oxygen atoms in total. The van der Waals surface area contributed by atoms with Crippen LogP contribution in [0.1, 0.15) is 11.3 Å². The first-order valence-electron chi connectivity index (χ1n) is 5.00. The predicted octanol–water partition coefficient (Wildman–Crippen LogP) is 2.05. The number of hydroxylamine groups is 1. The third kappa shape index (κ3) is 0.982. The molecule has 0 atom stereocenters. The first-order chi connectivity index (χ1) is 7.33. The molecule has 0 fully saturated rings. The molecule has 1 aromatic heterocycles. The van der Waals surface area contributed by atoms with E-state index in [4.69, 9.17) is 5.21 Å². The summed E-state index contributed by atoms with van der Waals surface area (Å²) < 4.78 is 2.19. The van der Waals surface area contributed by atoms with Crippen LogP contribution in [0.4, 0.5) is 0 Å². The number of allylic oxidation sites excluding steroid dienone is 1. The van der Waals surface area contributed by atoms with E-state index in [9.17, 15) is 0 Å². The number of hydrogen-bond acceptors (Lipinski definition) is 2. The molecule has 3 rings (SSSR count). The maximum Gasteiger partial charge on any atom is 0.0663 e. The van der Waals surface area contributed by atoms with Crippen molar-refractivity contribution in [2.24, 2.45) is 7.05 Å². The second-order valence-electron chi connectivity index (χ2n) is 3.83. The second-order valence-corrected chi connectivity index (χ2v) is 3.83. The molecule has 0 spiro atoms. The summed E-state index contributed by atoms with van der Waals surface area (Å²) in [4.78, 5) is 0. The second kappa shape index (κ2) is 2.87. The Bertz CT molecular complexity index is 566. The monoisotopic (exact) mass is 200 g/mol. The molecule has 2 aromatic rings. The van der Waals surface area contributed by atoms with Gasteiger partial charge in [0.15, 0.2) is 0 Å². The summed E-state index contributed by atoms with van der Waals surface area (Å²) >= 11 is 0. The highest BCUT2D eigenvalue weighted by Crippen LogP contribution is 2.34. The van der Waals surface area contributed by atoms with Gasteiger partial charge in [-0.05, 0) is 6.07 Å². The van der Waals surface area contributed by atoms with Crippen molar-refractivity contribution >= 4 is 16.6 Å². The lowest BCUT2D eigenvalue weighted by molar-refractivity contribution is 0.225. The summed E-state index contributed by atoms with van der Waals surface area (Å²) in [6, 6.07) is 8.25. The molecule has 76 valence electrons. The molecule has 0 saturated carbocycles. The fraction of sp³-hybridized carbons (Fsp3) is 0.167. The highest BCUT2D eigenvalue weighted by molar-refractivity contribution is 5.96. The lowest BCUT2D eigenvalue weighted by atomic mass is 10.1. The van der Waals surface area contributed by atoms with Gasteiger partial charge in [-0.2, -0.15) is 0 Å². The van der Waals surface area contributed by atoms with Crippen molar-refractivity contribution in [2.45, 2.75) is 6.42 Å². The van der Waals surface area contributed by atoms with Crippen molar-refractivity contribution in [3.63, 3.8) is 0 Å². The first kappa shape index (κ1) is 8.56. The van der Waals surface area contributed by atoms with Crippen LogP contribution in [0.2, 0.25) is 0 Å². The van der Waals surface area contributed by atoms with Gasteiger partial charge in [0.25, 0.3) is 0 Å². The maximum atomic E-state index is 9.05. The fourth-order valence-electron chi connectivity index (χ4n) is 2.39. The Morgan fingerprint density at radius 1 is 1.33 bits per heavy atom. The van der Waals surface area contributed by atoms with Crippen LogP contribution in [0.3, 0.4) is 0 Å². The Hall–Kier alpha value is -1.74. The lowest BCUT2D eigenvalue weighted by Gasteiger charge is -1.99. The van der Waals surface area contributed by atoms with Crippen molar-refractivity contribution in [1.29, 1.82) is 0 Å². The summed E-state index contributed by atoms with van der Waals surface area (Å²) in [5, 5.41) is 10.2. The van der Waals surface area contributed by atoms with E-state index in [-0.39, 0.29) is 0 Å². The zero-order chi connectivity index (χ0) is 10.4. The molecule has 15 heavy (non-hydrogen) atoms. The standard InChI is InChI=1S/C12H12N2O/c1-14-10-5-3-2-4-8(10)12-9(13-15)6-7-11(12)14/h2-6,13,15H,7H2,1H3. The molecule has 1 aliphatic carbocycles. The summed E-state index contributed by atoms with van der Waals surface area (Å²) in [5.41, 5.74) is 6.70. The number of nitrogens with one attached hydrogen (secondary N) is 1. The van der Waals surface area contributed by atoms with E-state index >= 15 is 0 Å². The molecule has 3 heteroatoms. The molecule has 1 aliphatic rings. The number of hydrogen-bond donors (Lipinski definition) is 2. The number of benzene rings is 1. The molecule has 0 radical (unpaired) electrons. The van der Waals surface area contributed by atoms with Crippen LogP contribution >= 0.6 is 0 Å². The van der Waals surface area contributed by atoms with Crippen LogP contribution in [0, 0.1) is 0 Å². The van der Waals surface area contributed by atoms with E-state index in [0.717, 1.165) is 17.7 Å². The minimum Gasteiger partial charge on any atom is -0.347 e. The van der Waals surface area contributed by atoms with E-state index < -0.39 is 0 Å². The summed E-state index contributed by atoms with van der Waals surface area (Å²) in [6.45, 7) is 0. The normalized spacial score (nSPS) is 14.1. The number of fused-ring (bicyclic) bond motifs is 3. The molecule has 0 bridgehead atoms. The van der Waals surface area contributed by atoms with Gasteiger partial charge in [-0.3, -0.25) is 10.7 Å². The molecule has 1 heterocycles. The lowest BCUT2D eigenvalue weighted by Crippen LogP contribution is -2.03. The van der Waals surface area contributed by atoms with Crippen LogP contribution in [0.5, 0.6) is 0 Å². The predicted molar refractivity (Wildman–Crippen MR) is 59.5 cm³/mol. The molecule has 0 aliphatic heterocycles. The Morgan fingerprint density at radius 2 is 2.13 bits per heavy atom. The first-order valence-corrected chi connectivity index (χ1v) is 5.00. The van der Waals surface area contributed by atoms with Crippen LogP contribution < -0.4 is 5.48 Å². The van der Waals surface area contributed by atoms with Gasteiger partial charge in [-0.15, -0.1) is 0 Å². The highest BCUT2D eigenvalue weighted by atomic mass is 16.5. The average Bonchev–Trinajstić information content (AvgIpc) is 2.81. The largest absolute Gasteiger partial charge is 0.347 e. The van der Waals surface area contributed by atoms with Crippen LogP contribution in [-0.4, -0.2) is 9.77 Å². The quantitative estimate of drug-likeness (QED) is 0.691. The molecule has 0 saturated heterocycles. The van der Waals surface area contributed by atoms with Crippen molar-refractivity contribution in [3.8, 4) is 0 Å². The molecule has 2 N–H and O–H groups in total. The van der Waals surface area contributed by atoms with E-state index in [1.165, 1.54) is 16.6 Å². The Morgan fingerprint density at radius 3 is 2.93 bits per heavy atom. The van der Waals surface area contributed by atoms with E-state index in [2.05, 4.69) is 29.2 Å². The van der Waals surface area contributed by atoms with Gasteiger partial charge in [0.2, 0.25) is 0 Å². The zero-order valence-corrected chi connectivity index (χ0v) is 8.49. The number of rotatable bonds is 1. The number of nitrogens with zero attached hydrogens (tertiary/aromatic N) is 1. The third-order valence-electron chi connectivity index (χ3n) is 3.12. The maximum absolute atomic E-state index is 9.05.